The molecule has 1 aromatic carbocycles. The fraction of sp³-hybridized carbons (Fsp3) is 0.435. The number of anilines is 1. The molecule has 1 saturated heterocycles. The Hall–Kier alpha value is -3.47. The topological polar surface area (TPSA) is 117 Å². The number of nitrogens with one attached hydrogen (secondary N) is 1. The van der Waals surface area contributed by atoms with Crippen LogP contribution in [0.15, 0.2) is 41.5 Å². The van der Waals surface area contributed by atoms with Crippen molar-refractivity contribution in [1.29, 1.82) is 0 Å². The van der Waals surface area contributed by atoms with Crippen molar-refractivity contribution >= 4 is 17.6 Å². The Morgan fingerprint density at radius 3 is 2.62 bits per heavy atom. The van der Waals surface area contributed by atoms with Gasteiger partial charge in [-0.3, -0.25) is 4.79 Å². The van der Waals surface area contributed by atoms with Crippen molar-refractivity contribution < 1.29 is 32.5 Å². The zero-order valence-corrected chi connectivity index (χ0v) is 18.6. The summed E-state index contributed by atoms with van der Waals surface area (Å²) in [4.78, 5) is 21.5. The second-order valence-corrected chi connectivity index (χ2v) is 9.03. The first kappa shape index (κ1) is 22.3. The number of amidine groups is 1. The Morgan fingerprint density at radius 1 is 1.24 bits per heavy atom. The van der Waals surface area contributed by atoms with E-state index >= 15 is 0 Å². The number of amides is 1. The van der Waals surface area contributed by atoms with E-state index in [0.29, 0.717) is 24.7 Å². The van der Waals surface area contributed by atoms with Gasteiger partial charge in [-0.2, -0.15) is 0 Å². The number of rotatable bonds is 5. The van der Waals surface area contributed by atoms with Crippen LogP contribution in [0.2, 0.25) is 0 Å². The molecule has 0 bridgehead atoms. The Kier molecular flexibility index (Phi) is 5.12. The van der Waals surface area contributed by atoms with Crippen LogP contribution in [0.1, 0.15) is 29.9 Å². The Bertz CT molecular complexity index is 1150. The first-order valence-corrected chi connectivity index (χ1v) is 10.7. The number of carbonyl (C=O) groups is 1. The molecule has 3 aliphatic heterocycles. The quantitative estimate of drug-likeness (QED) is 0.684. The SMILES string of the molecule is CC1(C)Oc2ccc(NC(=O)c3ccc(OCC(F)F)cn3)cc2C2(COC(N)=N2)C12COC2. The molecule has 0 saturated carbocycles. The highest BCUT2D eigenvalue weighted by atomic mass is 19.3. The minimum absolute atomic E-state index is 0.0997. The van der Waals surface area contributed by atoms with Gasteiger partial charge < -0.3 is 30.0 Å². The highest BCUT2D eigenvalue weighted by Crippen LogP contribution is 2.62. The van der Waals surface area contributed by atoms with Crippen LogP contribution in [0, 0.1) is 5.41 Å². The average molecular weight is 474 g/mol. The van der Waals surface area contributed by atoms with Crippen LogP contribution >= 0.6 is 0 Å². The summed E-state index contributed by atoms with van der Waals surface area (Å²) < 4.78 is 47.1. The normalized spacial score (nSPS) is 23.5. The molecule has 34 heavy (non-hydrogen) atoms. The molecule has 3 N–H and O–H groups in total. The van der Waals surface area contributed by atoms with Crippen molar-refractivity contribution in [2.24, 2.45) is 16.1 Å². The summed E-state index contributed by atoms with van der Waals surface area (Å²) in [6.07, 6.45) is -1.37. The largest absolute Gasteiger partial charge is 0.487 e. The van der Waals surface area contributed by atoms with Crippen molar-refractivity contribution in [3.05, 3.63) is 47.8 Å². The number of aromatic nitrogens is 1. The molecule has 9 nitrogen and oxygen atoms in total. The molecule has 2 spiro atoms. The maximum atomic E-state index is 12.8. The van der Waals surface area contributed by atoms with E-state index in [1.165, 1.54) is 18.3 Å². The molecular formula is C23H24F2N4O5. The minimum atomic E-state index is -2.60. The van der Waals surface area contributed by atoms with Crippen LogP contribution in [0.3, 0.4) is 0 Å². The summed E-state index contributed by atoms with van der Waals surface area (Å²) in [5.41, 5.74) is 5.38. The highest BCUT2D eigenvalue weighted by Gasteiger charge is 2.71. The molecule has 1 unspecified atom stereocenters. The maximum absolute atomic E-state index is 12.8. The third kappa shape index (κ3) is 3.33. The first-order valence-electron chi connectivity index (χ1n) is 10.7. The van der Waals surface area contributed by atoms with Gasteiger partial charge in [0.25, 0.3) is 18.4 Å². The van der Waals surface area contributed by atoms with Crippen LogP contribution in [-0.2, 0) is 15.0 Å². The molecule has 2 aromatic rings. The number of pyridine rings is 1. The summed E-state index contributed by atoms with van der Waals surface area (Å²) >= 11 is 0. The van der Waals surface area contributed by atoms with Gasteiger partial charge in [-0.25, -0.2) is 18.8 Å². The second kappa shape index (κ2) is 7.79. The van der Waals surface area contributed by atoms with Gasteiger partial charge in [-0.05, 0) is 44.2 Å². The number of nitrogens with two attached hydrogens (primary N) is 1. The van der Waals surface area contributed by atoms with Crippen LogP contribution in [0.5, 0.6) is 11.5 Å². The van der Waals surface area contributed by atoms with E-state index in [9.17, 15) is 13.6 Å². The maximum Gasteiger partial charge on any atom is 0.283 e. The van der Waals surface area contributed by atoms with Gasteiger partial charge in [0.15, 0.2) is 0 Å². The number of nitrogens with zero attached hydrogens (tertiary/aromatic N) is 2. The third-order valence-corrected chi connectivity index (χ3v) is 6.76. The van der Waals surface area contributed by atoms with E-state index in [-0.39, 0.29) is 24.1 Å². The van der Waals surface area contributed by atoms with Crippen molar-refractivity contribution in [2.75, 3.05) is 31.7 Å². The number of hydrogen-bond acceptors (Lipinski definition) is 8. The summed E-state index contributed by atoms with van der Waals surface area (Å²) in [5, 5.41) is 2.81. The smallest absolute Gasteiger partial charge is 0.283 e. The predicted octanol–water partition coefficient (Wildman–Crippen LogP) is 2.71. The van der Waals surface area contributed by atoms with Gasteiger partial charge in [0.2, 0.25) is 0 Å². The number of hydrogen-bond donors (Lipinski definition) is 2. The lowest BCUT2D eigenvalue weighted by Crippen LogP contribution is -2.71. The molecule has 1 aromatic heterocycles. The van der Waals surface area contributed by atoms with E-state index in [2.05, 4.69) is 10.3 Å². The number of carbonyl (C=O) groups excluding carboxylic acids is 1. The van der Waals surface area contributed by atoms with Crippen LogP contribution < -0.4 is 20.5 Å². The fourth-order valence-corrected chi connectivity index (χ4v) is 4.81. The molecule has 180 valence electrons. The summed E-state index contributed by atoms with van der Waals surface area (Å²) in [6.45, 7) is 4.36. The zero-order valence-electron chi connectivity index (χ0n) is 18.6. The summed E-state index contributed by atoms with van der Waals surface area (Å²) in [7, 11) is 0. The number of halogens is 2. The number of fused-ring (bicyclic) bond motifs is 3. The average Bonchev–Trinajstić information content (AvgIpc) is 3.13. The van der Waals surface area contributed by atoms with Crippen molar-refractivity contribution in [1.82, 2.24) is 4.98 Å². The lowest BCUT2D eigenvalue weighted by atomic mass is 9.55. The summed E-state index contributed by atoms with van der Waals surface area (Å²) in [6, 6.07) is 8.21. The van der Waals surface area contributed by atoms with E-state index in [4.69, 9.17) is 29.7 Å². The third-order valence-electron chi connectivity index (χ3n) is 6.76. The molecule has 1 amide bonds. The van der Waals surface area contributed by atoms with E-state index in [1.807, 2.05) is 13.8 Å². The van der Waals surface area contributed by atoms with E-state index < -0.39 is 35.5 Å². The fourth-order valence-electron chi connectivity index (χ4n) is 4.81. The molecule has 4 heterocycles. The first-order chi connectivity index (χ1) is 16.2. The van der Waals surface area contributed by atoms with Gasteiger partial charge in [0.05, 0.1) is 24.8 Å². The molecule has 1 atom stereocenters. The number of benzene rings is 1. The summed E-state index contributed by atoms with van der Waals surface area (Å²) in [5.74, 6) is 0.303. The molecule has 3 aliphatic rings. The monoisotopic (exact) mass is 474 g/mol. The van der Waals surface area contributed by atoms with Crippen molar-refractivity contribution in [3.63, 3.8) is 0 Å². The second-order valence-electron chi connectivity index (χ2n) is 9.03. The number of alkyl halides is 2. The zero-order chi connectivity index (χ0) is 24.1. The molecule has 0 aliphatic carbocycles. The van der Waals surface area contributed by atoms with Gasteiger partial charge in [0.1, 0.15) is 41.5 Å². The predicted molar refractivity (Wildman–Crippen MR) is 117 cm³/mol. The lowest BCUT2D eigenvalue weighted by molar-refractivity contribution is -0.247. The Labute approximate surface area is 194 Å². The minimum Gasteiger partial charge on any atom is -0.487 e. The Morgan fingerprint density at radius 2 is 2.03 bits per heavy atom. The van der Waals surface area contributed by atoms with E-state index in [1.54, 1.807) is 18.2 Å². The molecule has 5 rings (SSSR count). The van der Waals surface area contributed by atoms with Crippen molar-refractivity contribution in [3.8, 4) is 11.5 Å². The molecular weight excluding hydrogens is 450 g/mol. The standard InChI is InChI=1S/C23H24F2N4O5/c1-21(2)22(10-31-11-22)23(12-33-20(26)29-23)15-7-13(3-6-17(15)34-21)28-19(30)16-5-4-14(8-27-16)32-9-18(24)25/h3-8,18H,9-12H2,1-2H3,(H2,26,29)(H,28,30). The van der Waals surface area contributed by atoms with Crippen LogP contribution in [0.4, 0.5) is 14.5 Å². The van der Waals surface area contributed by atoms with Gasteiger partial charge in [-0.1, -0.05) is 0 Å². The van der Waals surface area contributed by atoms with Gasteiger partial charge in [0, 0.05) is 11.3 Å². The lowest BCUT2D eigenvalue weighted by Gasteiger charge is -2.61. The number of ether oxygens (including phenoxy) is 4. The van der Waals surface area contributed by atoms with Crippen LogP contribution in [0.25, 0.3) is 0 Å². The van der Waals surface area contributed by atoms with Crippen molar-refractivity contribution in [2.45, 2.75) is 31.4 Å². The molecule has 1 fully saturated rings. The molecule has 11 heteroatoms. The Balaban J connectivity index is 1.43. The highest BCUT2D eigenvalue weighted by molar-refractivity contribution is 6.03. The van der Waals surface area contributed by atoms with E-state index in [0.717, 1.165) is 5.56 Å². The number of aliphatic imine (C=N–C) groups is 1. The van der Waals surface area contributed by atoms with Crippen LogP contribution in [-0.4, -0.2) is 55.4 Å². The van der Waals surface area contributed by atoms with Gasteiger partial charge in [-0.15, -0.1) is 0 Å². The van der Waals surface area contributed by atoms with Gasteiger partial charge >= 0.3 is 0 Å². The molecule has 0 radical (unpaired) electrons.